The second-order valence-corrected chi connectivity index (χ2v) is 4.49. The van der Waals surface area contributed by atoms with Crippen LogP contribution in [-0.4, -0.2) is 9.55 Å². The van der Waals surface area contributed by atoms with Crippen molar-refractivity contribution in [2.24, 2.45) is 0 Å². The second kappa shape index (κ2) is 3.71. The van der Waals surface area contributed by atoms with Gasteiger partial charge in [0.15, 0.2) is 0 Å². The number of aromatic amines is 1. The van der Waals surface area contributed by atoms with E-state index in [1.54, 1.807) is 35.7 Å². The zero-order chi connectivity index (χ0) is 11.8. The zero-order valence-corrected chi connectivity index (χ0v) is 9.53. The topological polar surface area (TPSA) is 54.9 Å². The van der Waals surface area contributed by atoms with Crippen molar-refractivity contribution < 1.29 is 0 Å². The lowest BCUT2D eigenvalue weighted by atomic mass is 10.3. The molecule has 0 atom stereocenters. The largest absolute Gasteiger partial charge is 0.333 e. The predicted molar refractivity (Wildman–Crippen MR) is 68.0 cm³/mol. The molecule has 17 heavy (non-hydrogen) atoms. The van der Waals surface area contributed by atoms with Crippen LogP contribution in [-0.2, 0) is 0 Å². The molecule has 0 aliphatic rings. The van der Waals surface area contributed by atoms with Crippen molar-refractivity contribution in [2.45, 2.75) is 0 Å². The minimum Gasteiger partial charge on any atom is -0.306 e. The van der Waals surface area contributed by atoms with Crippen molar-refractivity contribution in [1.29, 1.82) is 0 Å². The average molecular weight is 244 g/mol. The van der Waals surface area contributed by atoms with E-state index in [1.807, 2.05) is 6.07 Å². The number of para-hydroxylation sites is 1. The highest BCUT2D eigenvalue weighted by atomic mass is 32.1. The van der Waals surface area contributed by atoms with E-state index in [0.29, 0.717) is 15.9 Å². The first-order valence-electron chi connectivity index (χ1n) is 5.05. The molecule has 0 unspecified atom stereocenters. The van der Waals surface area contributed by atoms with Crippen molar-refractivity contribution in [2.75, 3.05) is 0 Å². The molecule has 2 aromatic heterocycles. The maximum atomic E-state index is 12.2. The number of H-pyrrole nitrogens is 1. The number of thiophene rings is 1. The quantitative estimate of drug-likeness (QED) is 0.709. The fourth-order valence-electron chi connectivity index (χ4n) is 1.75. The summed E-state index contributed by atoms with van der Waals surface area (Å²) in [6.45, 7) is 0. The highest BCUT2D eigenvalue weighted by molar-refractivity contribution is 7.17. The van der Waals surface area contributed by atoms with E-state index in [2.05, 4.69) is 4.98 Å². The summed E-state index contributed by atoms with van der Waals surface area (Å²) in [5, 5.41) is 1.79. The van der Waals surface area contributed by atoms with Gasteiger partial charge in [-0.25, -0.2) is 9.36 Å². The number of nitrogens with one attached hydrogen (secondary N) is 1. The molecule has 0 bridgehead atoms. The van der Waals surface area contributed by atoms with E-state index >= 15 is 0 Å². The molecule has 4 nitrogen and oxygen atoms in total. The fourth-order valence-corrected chi connectivity index (χ4v) is 2.53. The Morgan fingerprint density at radius 3 is 2.59 bits per heavy atom. The normalized spacial score (nSPS) is 10.8. The van der Waals surface area contributed by atoms with Gasteiger partial charge in [0.25, 0.3) is 5.56 Å². The second-order valence-electron chi connectivity index (χ2n) is 3.57. The maximum Gasteiger partial charge on any atom is 0.333 e. The van der Waals surface area contributed by atoms with E-state index in [9.17, 15) is 9.59 Å². The van der Waals surface area contributed by atoms with E-state index in [4.69, 9.17) is 0 Å². The molecule has 0 saturated carbocycles. The Balaban J connectivity index is 2.45. The minimum absolute atomic E-state index is 0.273. The molecule has 3 rings (SSSR count). The van der Waals surface area contributed by atoms with Crippen LogP contribution in [0.2, 0.25) is 0 Å². The number of aromatic nitrogens is 2. The Morgan fingerprint density at radius 2 is 1.82 bits per heavy atom. The summed E-state index contributed by atoms with van der Waals surface area (Å²) in [5.41, 5.74) is 0.489. The molecule has 1 aromatic carbocycles. The lowest BCUT2D eigenvalue weighted by Crippen LogP contribution is -2.32. The van der Waals surface area contributed by atoms with Crippen LogP contribution in [0.5, 0.6) is 0 Å². The molecule has 0 saturated heterocycles. The van der Waals surface area contributed by atoms with Crippen LogP contribution in [0.3, 0.4) is 0 Å². The molecule has 1 N–H and O–H groups in total. The minimum atomic E-state index is -0.410. The van der Waals surface area contributed by atoms with Gasteiger partial charge in [0.05, 0.1) is 11.2 Å². The molecule has 5 heteroatoms. The Hall–Kier alpha value is -2.14. The van der Waals surface area contributed by atoms with Gasteiger partial charge in [0, 0.05) is 0 Å². The third-order valence-corrected chi connectivity index (χ3v) is 3.42. The van der Waals surface area contributed by atoms with Crippen LogP contribution in [0.1, 0.15) is 0 Å². The number of benzene rings is 1. The summed E-state index contributed by atoms with van der Waals surface area (Å²) in [6.07, 6.45) is 0. The summed E-state index contributed by atoms with van der Waals surface area (Å²) in [5.74, 6) is 0. The number of rotatable bonds is 1. The van der Waals surface area contributed by atoms with Gasteiger partial charge in [-0.2, -0.15) is 0 Å². The third kappa shape index (κ3) is 1.52. The van der Waals surface area contributed by atoms with Crippen LogP contribution in [0, 0.1) is 0 Å². The number of nitrogens with zero attached hydrogens (tertiary/aromatic N) is 1. The summed E-state index contributed by atoms with van der Waals surface area (Å²) >= 11 is 1.33. The molecule has 2 heterocycles. The standard InChI is InChI=1S/C12H8N2O2S/c15-11-10-9(6-7-17-10)13-12(16)14(11)8-4-2-1-3-5-8/h1-7H,(H,13,16). The van der Waals surface area contributed by atoms with Crippen LogP contribution in [0.25, 0.3) is 15.9 Å². The lowest BCUT2D eigenvalue weighted by Gasteiger charge is -2.03. The van der Waals surface area contributed by atoms with Gasteiger partial charge in [-0.05, 0) is 23.6 Å². The first-order chi connectivity index (χ1) is 8.27. The van der Waals surface area contributed by atoms with Crippen LogP contribution in [0.4, 0.5) is 0 Å². The van der Waals surface area contributed by atoms with Crippen LogP contribution >= 0.6 is 11.3 Å². The summed E-state index contributed by atoms with van der Waals surface area (Å²) in [7, 11) is 0. The first kappa shape index (κ1) is 10.0. The molecule has 0 radical (unpaired) electrons. The molecule has 84 valence electrons. The van der Waals surface area contributed by atoms with Crippen molar-refractivity contribution in [1.82, 2.24) is 9.55 Å². The molecule has 0 spiro atoms. The van der Waals surface area contributed by atoms with Crippen molar-refractivity contribution in [3.63, 3.8) is 0 Å². The van der Waals surface area contributed by atoms with E-state index in [0.717, 1.165) is 4.57 Å². The predicted octanol–water partition coefficient (Wildman–Crippen LogP) is 1.74. The van der Waals surface area contributed by atoms with Crippen LogP contribution in [0.15, 0.2) is 51.4 Å². The number of fused-ring (bicyclic) bond motifs is 1. The summed E-state index contributed by atoms with van der Waals surface area (Å²) < 4.78 is 1.72. The maximum absolute atomic E-state index is 12.2. The monoisotopic (exact) mass is 244 g/mol. The molecule has 0 fully saturated rings. The van der Waals surface area contributed by atoms with Gasteiger partial charge in [-0.15, -0.1) is 11.3 Å². The van der Waals surface area contributed by atoms with Crippen molar-refractivity contribution >= 4 is 21.6 Å². The SMILES string of the molecule is O=c1[nH]c2ccsc2c(=O)n1-c1ccccc1. The molecular weight excluding hydrogens is 236 g/mol. The molecular formula is C12H8N2O2S. The summed E-state index contributed by atoms with van der Waals surface area (Å²) in [6, 6.07) is 10.6. The van der Waals surface area contributed by atoms with Crippen LogP contribution < -0.4 is 11.2 Å². The fraction of sp³-hybridized carbons (Fsp3) is 0. The zero-order valence-electron chi connectivity index (χ0n) is 8.71. The smallest absolute Gasteiger partial charge is 0.306 e. The molecule has 0 aliphatic heterocycles. The highest BCUT2D eigenvalue weighted by Crippen LogP contribution is 2.13. The molecule has 0 amide bonds. The van der Waals surface area contributed by atoms with Gasteiger partial charge < -0.3 is 4.98 Å². The van der Waals surface area contributed by atoms with Gasteiger partial charge in [0.2, 0.25) is 0 Å². The Labute approximate surface area is 99.8 Å². The number of hydrogen-bond donors (Lipinski definition) is 1. The lowest BCUT2D eigenvalue weighted by molar-refractivity contribution is 0.904. The van der Waals surface area contributed by atoms with E-state index in [1.165, 1.54) is 11.3 Å². The van der Waals surface area contributed by atoms with Gasteiger partial charge in [0.1, 0.15) is 4.70 Å². The van der Waals surface area contributed by atoms with E-state index < -0.39 is 5.69 Å². The summed E-state index contributed by atoms with van der Waals surface area (Å²) in [4.78, 5) is 26.7. The highest BCUT2D eigenvalue weighted by Gasteiger charge is 2.09. The molecule has 0 aliphatic carbocycles. The Bertz CT molecular complexity index is 783. The van der Waals surface area contributed by atoms with Crippen molar-refractivity contribution in [3.05, 3.63) is 62.6 Å². The molecule has 3 aromatic rings. The number of hydrogen-bond acceptors (Lipinski definition) is 3. The van der Waals surface area contributed by atoms with Gasteiger partial charge >= 0.3 is 5.69 Å². The Kier molecular flexibility index (Phi) is 2.19. The average Bonchev–Trinajstić information content (AvgIpc) is 2.78. The Morgan fingerprint density at radius 1 is 1.06 bits per heavy atom. The van der Waals surface area contributed by atoms with Gasteiger partial charge in [-0.1, -0.05) is 18.2 Å². The van der Waals surface area contributed by atoms with E-state index in [-0.39, 0.29) is 5.56 Å². The van der Waals surface area contributed by atoms with Gasteiger partial charge in [-0.3, -0.25) is 4.79 Å². The first-order valence-corrected chi connectivity index (χ1v) is 5.93. The van der Waals surface area contributed by atoms with Crippen molar-refractivity contribution in [3.8, 4) is 5.69 Å². The third-order valence-electron chi connectivity index (χ3n) is 2.52.